The summed E-state index contributed by atoms with van der Waals surface area (Å²) < 4.78 is 8.97. The first-order valence-electron chi connectivity index (χ1n) is 7.52. The second-order valence-electron chi connectivity index (χ2n) is 4.89. The van der Waals surface area contributed by atoms with Crippen LogP contribution in [0, 0.1) is 13.8 Å². The zero-order valence-corrected chi connectivity index (χ0v) is 17.8. The Morgan fingerprint density at radius 3 is 2.08 bits per heavy atom. The van der Waals surface area contributed by atoms with Gasteiger partial charge in [-0.2, -0.15) is 14.1 Å². The summed E-state index contributed by atoms with van der Waals surface area (Å²) in [7, 11) is 6.97. The third-order valence-electron chi connectivity index (χ3n) is 3.06. The average molecular weight is 404 g/mol. The summed E-state index contributed by atoms with van der Waals surface area (Å²) in [5.74, 6) is 0.859. The summed E-state index contributed by atoms with van der Waals surface area (Å²) in [6.07, 6.45) is 1.87. The van der Waals surface area contributed by atoms with E-state index in [1.807, 2.05) is 42.6 Å². The molecule has 2 aromatic rings. The molecule has 0 N–H and O–H groups in total. The van der Waals surface area contributed by atoms with Crippen LogP contribution in [0.2, 0.25) is 0 Å². The zero-order chi connectivity index (χ0) is 18.4. The predicted octanol–water partition coefficient (Wildman–Crippen LogP) is 5.03. The van der Waals surface area contributed by atoms with E-state index in [4.69, 9.17) is 4.74 Å². The van der Waals surface area contributed by atoms with Gasteiger partial charge >= 0.3 is 34.5 Å². The Morgan fingerprint density at radius 1 is 1.04 bits per heavy atom. The first-order valence-corrected chi connectivity index (χ1v) is 8.62. The van der Waals surface area contributed by atoms with E-state index in [1.54, 1.807) is 28.3 Å². The van der Waals surface area contributed by atoms with E-state index >= 15 is 0 Å². The molecule has 0 spiro atoms. The molecule has 0 fully saturated rings. The summed E-state index contributed by atoms with van der Waals surface area (Å²) in [6, 6.07) is 13.9. The first-order chi connectivity index (χ1) is 11.5. The van der Waals surface area contributed by atoms with Crippen molar-refractivity contribution in [3.8, 4) is 5.75 Å². The Hall–Kier alpha value is -1.45. The van der Waals surface area contributed by atoms with Crippen LogP contribution in [-0.2, 0) is 24.6 Å². The Bertz CT molecular complexity index is 628. The molecule has 0 radical (unpaired) electrons. The van der Waals surface area contributed by atoms with Crippen molar-refractivity contribution in [1.82, 2.24) is 0 Å². The number of aryl methyl sites for hydroxylation is 1. The molecule has 0 aromatic heterocycles. The average Bonchev–Trinajstić information content (AvgIpc) is 2.58. The van der Waals surface area contributed by atoms with Gasteiger partial charge in [0, 0.05) is 11.8 Å². The molecular weight excluding hydrogens is 377 g/mol. The fourth-order valence-corrected chi connectivity index (χ4v) is 1.80. The zero-order valence-electron chi connectivity index (χ0n) is 15.4. The van der Waals surface area contributed by atoms with E-state index in [0.717, 1.165) is 17.0 Å². The molecule has 0 unspecified atom stereocenters. The number of aliphatic imine (C=N–C) groups is 1. The van der Waals surface area contributed by atoms with E-state index in [0.29, 0.717) is 0 Å². The van der Waals surface area contributed by atoms with Crippen LogP contribution >= 0.6 is 0 Å². The number of nitrogens with zero attached hydrogens (tertiary/aromatic N) is 3. The monoisotopic (exact) mass is 402 g/mol. The fraction of sp³-hybridized carbons (Fsp3) is 0.316. The van der Waals surface area contributed by atoms with Crippen molar-refractivity contribution in [3.05, 3.63) is 64.5 Å². The minimum atomic E-state index is 0.859. The molecule has 0 heterocycles. The number of benzene rings is 2. The van der Waals surface area contributed by atoms with Crippen molar-refractivity contribution >= 4 is 11.9 Å². The SMILES string of the molecule is COc1ccc(C)c(C)c1C=Nc1ccccc1.C[N-]C.C[N]=[Zr]. The van der Waals surface area contributed by atoms with Crippen molar-refractivity contribution in [2.45, 2.75) is 13.8 Å². The topological polar surface area (TPSA) is 48.0 Å². The number of ether oxygens (including phenoxy) is 1. The van der Waals surface area contributed by atoms with Crippen LogP contribution in [0.15, 0.2) is 50.3 Å². The first kappa shape index (κ1) is 22.6. The van der Waals surface area contributed by atoms with Gasteiger partial charge < -0.3 is 10.1 Å². The number of hydrogen-bond donors (Lipinski definition) is 0. The second-order valence-corrected chi connectivity index (χ2v) is 5.99. The van der Waals surface area contributed by atoms with Gasteiger partial charge in [0.1, 0.15) is 5.75 Å². The second kappa shape index (κ2) is 13.9. The third-order valence-corrected chi connectivity index (χ3v) is 3.06. The van der Waals surface area contributed by atoms with Crippen molar-refractivity contribution < 1.29 is 29.3 Å². The van der Waals surface area contributed by atoms with Gasteiger partial charge in [-0.3, -0.25) is 4.99 Å². The Kier molecular flexibility index (Phi) is 13.1. The molecule has 0 bridgehead atoms. The van der Waals surface area contributed by atoms with Crippen LogP contribution in [0.3, 0.4) is 0 Å². The van der Waals surface area contributed by atoms with Gasteiger partial charge in [-0.1, -0.05) is 24.3 Å². The minimum absolute atomic E-state index is 0.859. The van der Waals surface area contributed by atoms with Crippen LogP contribution in [0.25, 0.3) is 5.32 Å². The number of hydrogen-bond acceptors (Lipinski definition) is 3. The fourth-order valence-electron chi connectivity index (χ4n) is 1.80. The van der Waals surface area contributed by atoms with Gasteiger partial charge in [-0.15, -0.1) is 0 Å². The predicted molar refractivity (Wildman–Crippen MR) is 99.7 cm³/mol. The molecule has 0 atom stereocenters. The summed E-state index contributed by atoms with van der Waals surface area (Å²) in [4.78, 5) is 4.48. The van der Waals surface area contributed by atoms with Gasteiger partial charge in [0.05, 0.1) is 12.8 Å². The number of para-hydroxylation sites is 1. The molecule has 0 aliphatic heterocycles. The number of methoxy groups -OCH3 is 1. The van der Waals surface area contributed by atoms with Crippen LogP contribution in [-0.4, -0.2) is 34.5 Å². The molecule has 128 valence electrons. The van der Waals surface area contributed by atoms with Gasteiger partial charge in [-0.05, 0) is 43.2 Å². The van der Waals surface area contributed by atoms with Gasteiger partial charge in [0.15, 0.2) is 0 Å². The molecule has 2 rings (SSSR count). The summed E-state index contributed by atoms with van der Waals surface area (Å²) in [6.45, 7) is 4.18. The maximum atomic E-state index is 5.38. The Balaban J connectivity index is 0.000000772. The third kappa shape index (κ3) is 8.42. The quantitative estimate of drug-likeness (QED) is 0.663. The molecule has 5 heteroatoms. The van der Waals surface area contributed by atoms with Crippen LogP contribution in [0.4, 0.5) is 5.69 Å². The van der Waals surface area contributed by atoms with Crippen LogP contribution < -0.4 is 4.74 Å². The normalized spacial score (nSPS) is 9.38. The van der Waals surface area contributed by atoms with Gasteiger partial charge in [-0.25, -0.2) is 0 Å². The van der Waals surface area contributed by atoms with E-state index in [2.05, 4.69) is 33.1 Å². The molecular formula is C19H26N3OZr-. The standard InChI is InChI=1S/C16H17NO.C2H6N.CH3N.Zr/c1-12-9-10-16(18-3)15(13(12)2)11-17-14-7-5-4-6-8-14;1-3-2;1-2;/h4-11H,1-3H3;1-2H3;1H3;/q;-1;;. The molecule has 0 amide bonds. The molecule has 0 aliphatic carbocycles. The molecule has 2 aromatic carbocycles. The van der Waals surface area contributed by atoms with Crippen molar-refractivity contribution in [2.24, 2.45) is 7.86 Å². The van der Waals surface area contributed by atoms with E-state index < -0.39 is 0 Å². The maximum absolute atomic E-state index is 5.38. The van der Waals surface area contributed by atoms with Crippen LogP contribution in [0.5, 0.6) is 5.75 Å². The summed E-state index contributed by atoms with van der Waals surface area (Å²) >= 11 is 1.26. The molecule has 24 heavy (non-hydrogen) atoms. The van der Waals surface area contributed by atoms with E-state index in [-0.39, 0.29) is 0 Å². The summed E-state index contributed by atoms with van der Waals surface area (Å²) in [5, 5.41) is 3.50. The van der Waals surface area contributed by atoms with Crippen molar-refractivity contribution in [3.63, 3.8) is 0 Å². The molecule has 0 saturated heterocycles. The van der Waals surface area contributed by atoms with Gasteiger partial charge in [0.2, 0.25) is 0 Å². The Labute approximate surface area is 161 Å². The molecule has 0 saturated carbocycles. The van der Waals surface area contributed by atoms with E-state index in [9.17, 15) is 0 Å². The van der Waals surface area contributed by atoms with Crippen molar-refractivity contribution in [1.29, 1.82) is 0 Å². The molecule has 4 nitrogen and oxygen atoms in total. The van der Waals surface area contributed by atoms with E-state index in [1.165, 1.54) is 35.7 Å². The number of rotatable bonds is 3. The Morgan fingerprint density at radius 2 is 1.58 bits per heavy atom. The van der Waals surface area contributed by atoms with Crippen LogP contribution in [0.1, 0.15) is 16.7 Å². The molecule has 0 aliphatic rings. The van der Waals surface area contributed by atoms with Crippen molar-refractivity contribution in [2.75, 3.05) is 28.3 Å². The summed E-state index contributed by atoms with van der Waals surface area (Å²) in [5.41, 5.74) is 4.43. The van der Waals surface area contributed by atoms with Gasteiger partial charge in [0.25, 0.3) is 0 Å².